The van der Waals surface area contributed by atoms with Crippen LogP contribution in [0.5, 0.6) is 0 Å². The van der Waals surface area contributed by atoms with Crippen LogP contribution >= 0.6 is 24.2 Å². The number of hydrogen-bond acceptors (Lipinski definition) is 2. The number of alkyl halides is 2. The lowest BCUT2D eigenvalue weighted by Crippen LogP contribution is -2.15. The van der Waals surface area contributed by atoms with Crippen LogP contribution in [-0.4, -0.2) is 4.89 Å². The Morgan fingerprint density at radius 3 is 2.50 bits per heavy atom. The average molecular weight is 284 g/mol. The lowest BCUT2D eigenvalue weighted by Gasteiger charge is -2.20. The van der Waals surface area contributed by atoms with Gasteiger partial charge in [-0.2, -0.15) is 8.78 Å². The fraction of sp³-hybridized carbons (Fsp3) is 0.250. The maximum atomic E-state index is 13.3. The Balaban J connectivity index is 3.19. The third-order valence-electron chi connectivity index (χ3n) is 1.74. The summed E-state index contributed by atoms with van der Waals surface area (Å²) in [6.45, 7) is 1.79. The second kappa shape index (κ2) is 4.19. The lowest BCUT2D eigenvalue weighted by atomic mass is 10.1. The Morgan fingerprint density at radius 2 is 2.07 bits per heavy atom. The molecular weight excluding hydrogens is 275 g/mol. The van der Waals surface area contributed by atoms with E-state index in [1.165, 1.54) is 6.07 Å². The first-order valence-corrected chi connectivity index (χ1v) is 5.89. The molecule has 0 bridgehead atoms. The minimum atomic E-state index is -3.37. The van der Waals surface area contributed by atoms with Crippen LogP contribution in [0.2, 0.25) is 0 Å². The van der Waals surface area contributed by atoms with Crippen LogP contribution in [-0.2, 0) is 5.66 Å². The monoisotopic (exact) mass is 283 g/mol. The number of aryl methyl sites for hydroxylation is 1. The van der Waals surface area contributed by atoms with Crippen LogP contribution in [0.1, 0.15) is 11.1 Å². The Kier molecular flexibility index (Phi) is 3.58. The molecule has 1 aromatic rings. The molecule has 0 heterocycles. The van der Waals surface area contributed by atoms with E-state index in [2.05, 4.69) is 15.9 Å². The molecule has 0 fully saturated rings. The number of hydrogen-bond donors (Lipinski definition) is 2. The number of nitrogens with two attached hydrogens (primary N) is 1. The number of halogens is 3. The first kappa shape index (κ1) is 12.0. The van der Waals surface area contributed by atoms with Gasteiger partial charge >= 0.3 is 5.66 Å². The van der Waals surface area contributed by atoms with Crippen LogP contribution < -0.4 is 5.50 Å². The predicted molar refractivity (Wildman–Crippen MR) is 56.1 cm³/mol. The van der Waals surface area contributed by atoms with E-state index in [9.17, 15) is 8.78 Å². The molecule has 78 valence electrons. The maximum absolute atomic E-state index is 13.3. The van der Waals surface area contributed by atoms with Crippen LogP contribution in [0.4, 0.5) is 8.78 Å². The molecule has 0 aliphatic rings. The van der Waals surface area contributed by atoms with Crippen molar-refractivity contribution in [3.05, 3.63) is 33.8 Å². The van der Waals surface area contributed by atoms with Gasteiger partial charge in [-0.3, -0.25) is 5.50 Å². The van der Waals surface area contributed by atoms with Gasteiger partial charge in [-0.15, -0.1) is 0 Å². The summed E-state index contributed by atoms with van der Waals surface area (Å²) in [4.78, 5) is 8.80. The van der Waals surface area contributed by atoms with Gasteiger partial charge in [0.05, 0.1) is 0 Å². The summed E-state index contributed by atoms with van der Waals surface area (Å²) in [5.74, 6) is 0. The van der Waals surface area contributed by atoms with Gasteiger partial charge in [0.15, 0.2) is 8.30 Å². The largest absolute Gasteiger partial charge is 0.355 e. The average Bonchev–Trinajstić information content (AvgIpc) is 2.02. The molecule has 0 aliphatic heterocycles. The summed E-state index contributed by atoms with van der Waals surface area (Å²) in [6, 6.07) is 4.37. The molecule has 1 unspecified atom stereocenters. The quantitative estimate of drug-likeness (QED) is 0.820. The zero-order valence-corrected chi connectivity index (χ0v) is 9.82. The van der Waals surface area contributed by atoms with Crippen molar-refractivity contribution >= 4 is 24.2 Å². The Bertz CT molecular complexity index is 346. The topological polar surface area (TPSA) is 46.2 Å². The molecule has 0 saturated heterocycles. The minimum Gasteiger partial charge on any atom is -0.355 e. The Morgan fingerprint density at radius 1 is 1.50 bits per heavy atom. The molecule has 0 spiro atoms. The van der Waals surface area contributed by atoms with Crippen LogP contribution in [0, 0.1) is 6.92 Å². The van der Waals surface area contributed by atoms with Gasteiger partial charge < -0.3 is 4.89 Å². The predicted octanol–water partition coefficient (Wildman–Crippen LogP) is 3.07. The van der Waals surface area contributed by atoms with Crippen LogP contribution in [0.15, 0.2) is 22.7 Å². The van der Waals surface area contributed by atoms with E-state index < -0.39 is 14.0 Å². The van der Waals surface area contributed by atoms with Crippen molar-refractivity contribution in [2.45, 2.75) is 12.6 Å². The van der Waals surface area contributed by atoms with Gasteiger partial charge in [0, 0.05) is 10.0 Å². The van der Waals surface area contributed by atoms with Gasteiger partial charge in [0.2, 0.25) is 0 Å². The minimum absolute atomic E-state index is 0.259. The molecular formula is C8H9BrF2NOP. The molecule has 0 saturated carbocycles. The van der Waals surface area contributed by atoms with E-state index in [-0.39, 0.29) is 10.0 Å². The molecule has 0 aromatic heterocycles. The second-order valence-electron chi connectivity index (χ2n) is 2.87. The molecule has 6 heteroatoms. The van der Waals surface area contributed by atoms with Crippen molar-refractivity contribution in [3.8, 4) is 0 Å². The van der Waals surface area contributed by atoms with Crippen molar-refractivity contribution in [2.24, 2.45) is 5.50 Å². The van der Waals surface area contributed by atoms with Gasteiger partial charge in [0.1, 0.15) is 0 Å². The van der Waals surface area contributed by atoms with Crippen molar-refractivity contribution in [1.29, 1.82) is 0 Å². The maximum Gasteiger partial charge on any atom is 0.328 e. The number of benzene rings is 1. The highest BCUT2D eigenvalue weighted by atomic mass is 79.9. The third kappa shape index (κ3) is 2.28. The van der Waals surface area contributed by atoms with E-state index >= 15 is 0 Å². The fourth-order valence-corrected chi connectivity index (χ4v) is 2.32. The van der Waals surface area contributed by atoms with Crippen molar-refractivity contribution in [1.82, 2.24) is 0 Å². The van der Waals surface area contributed by atoms with E-state index in [1.807, 2.05) is 0 Å². The Labute approximate surface area is 90.1 Å². The summed E-state index contributed by atoms with van der Waals surface area (Å²) in [5.41, 5.74) is 2.06. The first-order chi connectivity index (χ1) is 6.35. The van der Waals surface area contributed by atoms with Crippen LogP contribution in [0.25, 0.3) is 0 Å². The Hall–Kier alpha value is -0.0900. The van der Waals surface area contributed by atoms with Crippen molar-refractivity contribution in [2.75, 3.05) is 0 Å². The third-order valence-corrected chi connectivity index (χ3v) is 3.21. The second-order valence-corrected chi connectivity index (χ2v) is 4.97. The molecule has 1 aromatic carbocycles. The summed E-state index contributed by atoms with van der Waals surface area (Å²) in [7, 11) is -2.81. The zero-order chi connectivity index (χ0) is 10.9. The smallest absolute Gasteiger partial charge is 0.328 e. The molecule has 0 amide bonds. The van der Waals surface area contributed by atoms with E-state index in [0.29, 0.717) is 0 Å². The van der Waals surface area contributed by atoms with Gasteiger partial charge in [0.25, 0.3) is 0 Å². The lowest BCUT2D eigenvalue weighted by molar-refractivity contribution is 0.0857. The standard InChI is InChI=1S/C8H9BrF2NOP/c1-5-2-3-6(7(9)4-5)8(10,11)14(12)13/h2-4,13H,12H2,1H3. The highest BCUT2D eigenvalue weighted by Gasteiger charge is 2.40. The highest BCUT2D eigenvalue weighted by Crippen LogP contribution is 2.52. The normalized spacial score (nSPS) is 14.1. The van der Waals surface area contributed by atoms with E-state index in [1.54, 1.807) is 19.1 Å². The molecule has 3 N–H and O–H groups in total. The SMILES string of the molecule is Cc1ccc(C(F)(F)P(N)O)c(Br)c1. The highest BCUT2D eigenvalue weighted by molar-refractivity contribution is 9.10. The molecule has 0 aliphatic carbocycles. The summed E-state index contributed by atoms with van der Waals surface area (Å²) in [6.07, 6.45) is 0. The summed E-state index contributed by atoms with van der Waals surface area (Å²) >= 11 is 3.01. The van der Waals surface area contributed by atoms with Gasteiger partial charge in [-0.05, 0) is 18.6 Å². The van der Waals surface area contributed by atoms with Gasteiger partial charge in [-0.1, -0.05) is 28.1 Å². The molecule has 14 heavy (non-hydrogen) atoms. The zero-order valence-electron chi connectivity index (χ0n) is 7.34. The molecule has 1 rings (SSSR count). The van der Waals surface area contributed by atoms with Crippen LogP contribution in [0.3, 0.4) is 0 Å². The van der Waals surface area contributed by atoms with Crippen molar-refractivity contribution in [3.63, 3.8) is 0 Å². The van der Waals surface area contributed by atoms with Crippen molar-refractivity contribution < 1.29 is 13.7 Å². The molecule has 0 radical (unpaired) electrons. The molecule has 2 nitrogen and oxygen atoms in total. The molecule has 1 atom stereocenters. The van der Waals surface area contributed by atoms with E-state index in [0.717, 1.165) is 5.56 Å². The number of rotatable bonds is 2. The summed E-state index contributed by atoms with van der Waals surface area (Å²) in [5, 5.41) is 0. The summed E-state index contributed by atoms with van der Waals surface area (Å²) < 4.78 is 26.8. The van der Waals surface area contributed by atoms with E-state index in [4.69, 9.17) is 10.4 Å². The first-order valence-electron chi connectivity index (χ1n) is 3.74. The fourth-order valence-electron chi connectivity index (χ4n) is 0.987. The van der Waals surface area contributed by atoms with Gasteiger partial charge in [-0.25, -0.2) is 0 Å².